The van der Waals surface area contributed by atoms with Crippen molar-refractivity contribution in [1.29, 1.82) is 0 Å². The molecule has 1 aliphatic heterocycles. The quantitative estimate of drug-likeness (QED) is 0.867. The van der Waals surface area contributed by atoms with Crippen LogP contribution in [0.4, 0.5) is 0 Å². The van der Waals surface area contributed by atoms with Gasteiger partial charge in [-0.05, 0) is 46.3 Å². The highest BCUT2D eigenvalue weighted by atomic mass is 16.5. The molecule has 1 aromatic carbocycles. The van der Waals surface area contributed by atoms with Crippen LogP contribution >= 0.6 is 0 Å². The van der Waals surface area contributed by atoms with E-state index in [1.165, 1.54) is 11.6 Å². The summed E-state index contributed by atoms with van der Waals surface area (Å²) in [6, 6.07) is 3.15. The van der Waals surface area contributed by atoms with Gasteiger partial charge in [0.25, 0.3) is 0 Å². The van der Waals surface area contributed by atoms with Gasteiger partial charge in [0.1, 0.15) is 29.3 Å². The SMILES string of the molecule is CC(C)=CCc1c2c(cc3c(=O)cc(CO)oc13)C=CC(C)(C)O2. The van der Waals surface area contributed by atoms with Crippen molar-refractivity contribution in [2.24, 2.45) is 0 Å². The summed E-state index contributed by atoms with van der Waals surface area (Å²) < 4.78 is 12.0. The topological polar surface area (TPSA) is 59.7 Å². The second kappa shape index (κ2) is 5.95. The first-order chi connectivity index (χ1) is 11.3. The lowest BCUT2D eigenvalue weighted by Gasteiger charge is -2.29. The largest absolute Gasteiger partial charge is 0.483 e. The van der Waals surface area contributed by atoms with Gasteiger partial charge in [-0.1, -0.05) is 17.7 Å². The van der Waals surface area contributed by atoms with Crippen LogP contribution in [0, 0.1) is 0 Å². The summed E-state index contributed by atoms with van der Waals surface area (Å²) in [4.78, 5) is 12.4. The summed E-state index contributed by atoms with van der Waals surface area (Å²) in [5, 5.41) is 9.88. The number of hydrogen-bond acceptors (Lipinski definition) is 4. The minimum Gasteiger partial charge on any atom is -0.483 e. The van der Waals surface area contributed by atoms with Gasteiger partial charge in [0, 0.05) is 17.2 Å². The van der Waals surface area contributed by atoms with Gasteiger partial charge in [-0.3, -0.25) is 4.79 Å². The normalized spacial score (nSPS) is 15.0. The van der Waals surface area contributed by atoms with Crippen molar-refractivity contribution in [1.82, 2.24) is 0 Å². The van der Waals surface area contributed by atoms with Crippen LogP contribution in [0.2, 0.25) is 0 Å². The minimum atomic E-state index is -0.421. The number of rotatable bonds is 3. The van der Waals surface area contributed by atoms with Crippen molar-refractivity contribution in [3.8, 4) is 5.75 Å². The molecule has 2 aromatic rings. The van der Waals surface area contributed by atoms with Gasteiger partial charge in [-0.25, -0.2) is 0 Å². The maximum absolute atomic E-state index is 12.4. The Hall–Kier alpha value is -2.33. The van der Waals surface area contributed by atoms with E-state index >= 15 is 0 Å². The number of aliphatic hydroxyl groups is 1. The fourth-order valence-electron chi connectivity index (χ4n) is 2.81. The molecule has 4 heteroatoms. The van der Waals surface area contributed by atoms with E-state index in [0.717, 1.165) is 16.9 Å². The van der Waals surface area contributed by atoms with Crippen molar-refractivity contribution in [3.63, 3.8) is 0 Å². The number of fused-ring (bicyclic) bond motifs is 2. The van der Waals surface area contributed by atoms with Crippen molar-refractivity contribution in [3.05, 3.63) is 57.0 Å². The molecule has 1 N–H and O–H groups in total. The standard InChI is InChI=1S/C20H22O4/c1-12(2)5-6-15-18-13(7-8-20(3,4)24-18)9-16-17(22)10-14(11-21)23-19(15)16/h5,7-10,21H,6,11H2,1-4H3. The first-order valence-electron chi connectivity index (χ1n) is 8.06. The molecular formula is C20H22O4. The van der Waals surface area contributed by atoms with Crippen LogP contribution in [0.15, 0.2) is 39.1 Å². The zero-order chi connectivity index (χ0) is 17.5. The zero-order valence-corrected chi connectivity index (χ0v) is 14.5. The number of ether oxygens (including phenoxy) is 1. The molecule has 1 aliphatic rings. The molecule has 0 aliphatic carbocycles. The summed E-state index contributed by atoms with van der Waals surface area (Å²) in [7, 11) is 0. The zero-order valence-electron chi connectivity index (χ0n) is 14.5. The van der Waals surface area contributed by atoms with Crippen molar-refractivity contribution < 1.29 is 14.3 Å². The maximum atomic E-state index is 12.4. The van der Waals surface area contributed by atoms with Gasteiger partial charge in [-0.15, -0.1) is 0 Å². The van der Waals surface area contributed by atoms with Crippen LogP contribution < -0.4 is 10.2 Å². The van der Waals surface area contributed by atoms with E-state index < -0.39 is 5.60 Å². The van der Waals surface area contributed by atoms with E-state index in [0.29, 0.717) is 17.4 Å². The Balaban J connectivity index is 2.35. The van der Waals surface area contributed by atoms with Gasteiger partial charge >= 0.3 is 0 Å². The third-order valence-corrected chi connectivity index (χ3v) is 4.05. The molecule has 0 unspecified atom stereocenters. The lowest BCUT2D eigenvalue weighted by atomic mass is 9.95. The van der Waals surface area contributed by atoms with Crippen molar-refractivity contribution >= 4 is 17.0 Å². The van der Waals surface area contributed by atoms with Crippen molar-refractivity contribution in [2.45, 2.75) is 46.3 Å². The molecule has 0 bridgehead atoms. The fourth-order valence-corrected chi connectivity index (χ4v) is 2.81. The molecule has 1 aromatic heterocycles. The number of hydrogen-bond donors (Lipinski definition) is 1. The number of aliphatic hydroxyl groups excluding tert-OH is 1. The highest BCUT2D eigenvalue weighted by Crippen LogP contribution is 2.38. The molecule has 0 amide bonds. The van der Waals surface area contributed by atoms with E-state index in [-0.39, 0.29) is 17.8 Å². The Morgan fingerprint density at radius 2 is 2.04 bits per heavy atom. The summed E-state index contributed by atoms with van der Waals surface area (Å²) in [5.74, 6) is 1.00. The minimum absolute atomic E-state index is 0.153. The predicted molar refractivity (Wildman–Crippen MR) is 95.3 cm³/mol. The van der Waals surface area contributed by atoms with E-state index in [4.69, 9.17) is 9.15 Å². The molecule has 0 radical (unpaired) electrons. The number of benzene rings is 1. The van der Waals surface area contributed by atoms with Crippen LogP contribution in [0.3, 0.4) is 0 Å². The molecule has 3 rings (SSSR count). The van der Waals surface area contributed by atoms with Crippen LogP contribution in [0.5, 0.6) is 5.75 Å². The highest BCUT2D eigenvalue weighted by molar-refractivity contribution is 5.87. The number of allylic oxidation sites excluding steroid dienone is 2. The second-order valence-electron chi connectivity index (χ2n) is 6.91. The molecule has 24 heavy (non-hydrogen) atoms. The molecule has 0 spiro atoms. The van der Waals surface area contributed by atoms with Crippen molar-refractivity contribution in [2.75, 3.05) is 0 Å². The van der Waals surface area contributed by atoms with Gasteiger partial charge in [0.05, 0.1) is 5.39 Å². The summed E-state index contributed by atoms with van der Waals surface area (Å²) in [6.07, 6.45) is 6.65. The molecule has 0 fully saturated rings. The highest BCUT2D eigenvalue weighted by Gasteiger charge is 2.26. The molecule has 126 valence electrons. The van der Waals surface area contributed by atoms with E-state index in [1.54, 1.807) is 6.07 Å². The third kappa shape index (κ3) is 3.02. The molecular weight excluding hydrogens is 304 g/mol. The molecule has 0 atom stereocenters. The van der Waals surface area contributed by atoms with Gasteiger partial charge in [0.2, 0.25) is 0 Å². The Morgan fingerprint density at radius 3 is 2.71 bits per heavy atom. The van der Waals surface area contributed by atoms with E-state index in [9.17, 15) is 9.90 Å². The van der Waals surface area contributed by atoms with Gasteiger partial charge < -0.3 is 14.3 Å². The van der Waals surface area contributed by atoms with Crippen LogP contribution in [-0.2, 0) is 13.0 Å². The monoisotopic (exact) mass is 326 g/mol. The van der Waals surface area contributed by atoms with Gasteiger partial charge in [-0.2, -0.15) is 0 Å². The van der Waals surface area contributed by atoms with Crippen LogP contribution in [0.1, 0.15) is 44.6 Å². The Labute approximate surface area is 141 Å². The van der Waals surface area contributed by atoms with Crippen LogP contribution in [-0.4, -0.2) is 10.7 Å². The summed E-state index contributed by atoms with van der Waals surface area (Å²) in [5.41, 5.74) is 2.81. The van der Waals surface area contributed by atoms with E-state index in [2.05, 4.69) is 6.08 Å². The average Bonchev–Trinajstić information content (AvgIpc) is 2.51. The first-order valence-corrected chi connectivity index (χ1v) is 8.06. The Kier molecular flexibility index (Phi) is 4.10. The van der Waals surface area contributed by atoms with Gasteiger partial charge in [0.15, 0.2) is 5.43 Å². The second-order valence-corrected chi connectivity index (χ2v) is 6.91. The van der Waals surface area contributed by atoms with Crippen LogP contribution in [0.25, 0.3) is 17.0 Å². The molecule has 0 saturated carbocycles. The fraction of sp³-hybridized carbons (Fsp3) is 0.350. The summed E-state index contributed by atoms with van der Waals surface area (Å²) >= 11 is 0. The van der Waals surface area contributed by atoms with E-state index in [1.807, 2.05) is 39.8 Å². The smallest absolute Gasteiger partial charge is 0.193 e. The first kappa shape index (κ1) is 16.5. The molecule has 2 heterocycles. The molecule has 4 nitrogen and oxygen atoms in total. The predicted octanol–water partition coefficient (Wildman–Crippen LogP) is 3.98. The molecule has 0 saturated heterocycles. The Morgan fingerprint density at radius 1 is 1.29 bits per heavy atom. The lowest BCUT2D eigenvalue weighted by molar-refractivity contribution is 0.157. The third-order valence-electron chi connectivity index (χ3n) is 4.05. The maximum Gasteiger partial charge on any atom is 0.193 e. The summed E-state index contributed by atoms with van der Waals surface area (Å²) in [6.45, 7) is 7.72. The lowest BCUT2D eigenvalue weighted by Crippen LogP contribution is -2.28. The Bertz CT molecular complexity index is 909. The average molecular weight is 326 g/mol.